The molecule has 1 heterocycles. The monoisotopic (exact) mass is 221 g/mol. The Bertz CT molecular complexity index is 356. The van der Waals surface area contributed by atoms with Gasteiger partial charge in [0.15, 0.2) is 0 Å². The maximum absolute atomic E-state index is 4.97. The molecule has 53 valence electrons. The van der Waals surface area contributed by atoms with Gasteiger partial charge in [0.05, 0.1) is 11.3 Å². The van der Waals surface area contributed by atoms with Crippen molar-refractivity contribution in [2.24, 2.45) is 0 Å². The summed E-state index contributed by atoms with van der Waals surface area (Å²) in [6, 6.07) is 8.50. The van der Waals surface area contributed by atoms with E-state index < -0.39 is 0 Å². The molecule has 0 spiro atoms. The summed E-state index contributed by atoms with van der Waals surface area (Å²) in [5.74, 6) is 0. The number of aryl methyl sites for hydroxylation is 1. The molecule has 0 aliphatic heterocycles. The number of hydrogen-bond acceptors (Lipinski definition) is 2. The Morgan fingerprint density at radius 1 is 1.55 bits per heavy atom. The largest absolute Gasteiger partial charge is 0.419 e. The molecule has 3 heteroatoms. The molecule has 0 saturated heterocycles. The Morgan fingerprint density at radius 2 is 2.36 bits per heavy atom. The van der Waals surface area contributed by atoms with E-state index in [9.17, 15) is 0 Å². The molecule has 0 unspecified atom stereocenters. The second kappa shape index (κ2) is 3.46. The molecule has 0 bridgehead atoms. The Labute approximate surface area is 89.8 Å². The number of benzene rings is 1. The summed E-state index contributed by atoms with van der Waals surface area (Å²) in [7, 11) is 0. The molecule has 0 amide bonds. The van der Waals surface area contributed by atoms with Gasteiger partial charge in [0, 0.05) is 32.7 Å². The van der Waals surface area contributed by atoms with Crippen LogP contribution in [-0.4, -0.2) is 5.16 Å². The Hall–Kier alpha value is -0.206. The van der Waals surface area contributed by atoms with Gasteiger partial charge in [0.1, 0.15) is 0 Å². The van der Waals surface area contributed by atoms with Crippen LogP contribution < -0.4 is 0 Å². The first-order valence-corrected chi connectivity index (χ1v) is 3.10. The van der Waals surface area contributed by atoms with Crippen molar-refractivity contribution >= 4 is 11.0 Å². The van der Waals surface area contributed by atoms with Gasteiger partial charge < -0.3 is 4.52 Å². The van der Waals surface area contributed by atoms with Crippen molar-refractivity contribution in [3.05, 3.63) is 30.0 Å². The third kappa shape index (κ3) is 1.52. The van der Waals surface area contributed by atoms with Crippen LogP contribution in [0.1, 0.15) is 5.69 Å². The Morgan fingerprint density at radius 3 is 3.09 bits per heavy atom. The van der Waals surface area contributed by atoms with Gasteiger partial charge in [-0.15, -0.1) is 11.2 Å². The summed E-state index contributed by atoms with van der Waals surface area (Å²) in [5.41, 5.74) is 1.74. The van der Waals surface area contributed by atoms with E-state index in [2.05, 4.69) is 11.2 Å². The van der Waals surface area contributed by atoms with Crippen molar-refractivity contribution in [1.82, 2.24) is 5.16 Å². The molecule has 2 aromatic rings. The molecule has 0 atom stereocenters. The van der Waals surface area contributed by atoms with Crippen LogP contribution in [0.2, 0.25) is 0 Å². The zero-order valence-corrected chi connectivity index (χ0v) is 9.00. The van der Waals surface area contributed by atoms with Crippen molar-refractivity contribution in [3.8, 4) is 0 Å². The van der Waals surface area contributed by atoms with Crippen LogP contribution in [0.5, 0.6) is 0 Å². The first-order chi connectivity index (χ1) is 4.88. The van der Waals surface area contributed by atoms with Crippen molar-refractivity contribution < 1.29 is 37.2 Å². The van der Waals surface area contributed by atoms with Gasteiger partial charge in [-0.25, -0.2) is 0 Å². The number of hydrogen-bond donors (Lipinski definition) is 0. The van der Waals surface area contributed by atoms with Gasteiger partial charge >= 0.3 is 0 Å². The SMILES string of the molecule is Cc1noc2c[c-]ccc12.[Y]. The predicted octanol–water partition coefficient (Wildman–Crippen LogP) is 1.93. The number of fused-ring (bicyclic) bond motifs is 1. The molecule has 1 aromatic carbocycles. The summed E-state index contributed by atoms with van der Waals surface area (Å²) in [5, 5.41) is 4.87. The third-order valence-electron chi connectivity index (χ3n) is 1.50. The van der Waals surface area contributed by atoms with Crippen molar-refractivity contribution in [2.45, 2.75) is 6.92 Å². The van der Waals surface area contributed by atoms with Crippen molar-refractivity contribution in [2.75, 3.05) is 0 Å². The quantitative estimate of drug-likeness (QED) is 0.635. The van der Waals surface area contributed by atoms with Crippen molar-refractivity contribution in [1.29, 1.82) is 0 Å². The molecule has 1 radical (unpaired) electrons. The molecular weight excluding hydrogens is 215 g/mol. The smallest absolute Gasteiger partial charge is 0.0627 e. The van der Waals surface area contributed by atoms with E-state index in [-0.39, 0.29) is 32.7 Å². The van der Waals surface area contributed by atoms with Crippen molar-refractivity contribution in [3.63, 3.8) is 0 Å². The van der Waals surface area contributed by atoms with E-state index in [1.807, 2.05) is 19.1 Å². The standard InChI is InChI=1S/C8H6NO.Y/c1-6-7-4-2-3-5-8(7)10-9-6;/h2,4-5H,1H3;/q-1;. The Balaban J connectivity index is 0.000000605. The second-order valence-corrected chi connectivity index (χ2v) is 2.19. The zero-order chi connectivity index (χ0) is 6.97. The fraction of sp³-hybridized carbons (Fsp3) is 0.125. The molecule has 0 aliphatic carbocycles. The van der Waals surface area contributed by atoms with E-state index in [4.69, 9.17) is 4.52 Å². The molecule has 11 heavy (non-hydrogen) atoms. The first kappa shape index (κ1) is 8.89. The number of nitrogens with zero attached hydrogens (tertiary/aromatic N) is 1. The second-order valence-electron chi connectivity index (χ2n) is 2.19. The minimum atomic E-state index is 0. The van der Waals surface area contributed by atoms with Crippen LogP contribution in [0.4, 0.5) is 0 Å². The maximum atomic E-state index is 4.97. The van der Waals surface area contributed by atoms with Gasteiger partial charge in [-0.1, -0.05) is 5.39 Å². The molecule has 0 fully saturated rings. The molecule has 0 saturated carbocycles. The zero-order valence-electron chi connectivity index (χ0n) is 6.16. The van der Waals surface area contributed by atoms with Crippen LogP contribution in [0, 0.1) is 13.0 Å². The average molecular weight is 221 g/mol. The first-order valence-electron chi connectivity index (χ1n) is 3.10. The van der Waals surface area contributed by atoms with Gasteiger partial charge in [-0.3, -0.25) is 0 Å². The van der Waals surface area contributed by atoms with E-state index >= 15 is 0 Å². The Kier molecular flexibility index (Phi) is 2.80. The fourth-order valence-electron chi connectivity index (χ4n) is 0.956. The predicted molar refractivity (Wildman–Crippen MR) is 37.6 cm³/mol. The van der Waals surface area contributed by atoms with Crippen LogP contribution in [0.3, 0.4) is 0 Å². The van der Waals surface area contributed by atoms with Gasteiger partial charge in [-0.2, -0.15) is 18.2 Å². The summed E-state index contributed by atoms with van der Waals surface area (Å²) < 4.78 is 4.97. The summed E-state index contributed by atoms with van der Waals surface area (Å²) in [6.07, 6.45) is 0. The van der Waals surface area contributed by atoms with Gasteiger partial charge in [-0.05, 0) is 6.92 Å². The molecular formula is C8H6NOY-. The molecule has 0 N–H and O–H groups in total. The van der Waals surface area contributed by atoms with Crippen LogP contribution >= 0.6 is 0 Å². The van der Waals surface area contributed by atoms with Gasteiger partial charge in [0.25, 0.3) is 0 Å². The average Bonchev–Trinajstić information content (AvgIpc) is 2.34. The topological polar surface area (TPSA) is 26.0 Å². The minimum Gasteiger partial charge on any atom is -0.419 e. The molecule has 0 aliphatic rings. The molecule has 1 aromatic heterocycles. The van der Waals surface area contributed by atoms with E-state index in [0.717, 1.165) is 16.7 Å². The summed E-state index contributed by atoms with van der Waals surface area (Å²) in [6.45, 7) is 1.92. The van der Waals surface area contributed by atoms with Crippen LogP contribution in [0.15, 0.2) is 22.7 Å². The van der Waals surface area contributed by atoms with E-state index in [0.29, 0.717) is 0 Å². The molecule has 2 rings (SSSR count). The van der Waals surface area contributed by atoms with E-state index in [1.165, 1.54) is 0 Å². The minimum absolute atomic E-state index is 0. The number of aromatic nitrogens is 1. The normalized spacial score (nSPS) is 9.55. The summed E-state index contributed by atoms with van der Waals surface area (Å²) >= 11 is 0. The van der Waals surface area contributed by atoms with E-state index in [1.54, 1.807) is 6.07 Å². The fourth-order valence-corrected chi connectivity index (χ4v) is 0.956. The number of rotatable bonds is 0. The van der Waals surface area contributed by atoms with Crippen LogP contribution in [0.25, 0.3) is 11.0 Å². The molecule has 2 nitrogen and oxygen atoms in total. The maximum Gasteiger partial charge on any atom is 0.0627 e. The van der Waals surface area contributed by atoms with Crippen LogP contribution in [-0.2, 0) is 32.7 Å². The summed E-state index contributed by atoms with van der Waals surface area (Å²) in [4.78, 5) is 0. The third-order valence-corrected chi connectivity index (χ3v) is 1.50. The van der Waals surface area contributed by atoms with Gasteiger partial charge in [0.2, 0.25) is 0 Å².